The van der Waals surface area contributed by atoms with E-state index in [1.807, 2.05) is 6.07 Å². The highest BCUT2D eigenvalue weighted by Gasteiger charge is 2.12. The first-order valence-electron chi connectivity index (χ1n) is 5.33. The number of nitrogens with two attached hydrogens (primary N) is 1. The van der Waals surface area contributed by atoms with Crippen molar-refractivity contribution < 1.29 is 4.79 Å². The van der Waals surface area contributed by atoms with Crippen LogP contribution >= 0.6 is 11.3 Å². The van der Waals surface area contributed by atoms with Gasteiger partial charge in [-0.2, -0.15) is 0 Å². The lowest BCUT2D eigenvalue weighted by Gasteiger charge is -2.08. The van der Waals surface area contributed by atoms with E-state index in [4.69, 9.17) is 5.73 Å². The van der Waals surface area contributed by atoms with Gasteiger partial charge >= 0.3 is 0 Å². The summed E-state index contributed by atoms with van der Waals surface area (Å²) in [6.45, 7) is 6.25. The van der Waals surface area contributed by atoms with Crippen molar-refractivity contribution in [3.05, 3.63) is 39.9 Å². The monoisotopic (exact) mass is 246 g/mol. The molecule has 1 aromatic heterocycles. The smallest absolute Gasteiger partial charge is 0.268 e. The first-order chi connectivity index (χ1) is 8.00. The fraction of sp³-hybridized carbons (Fsp3) is 0.231. The van der Waals surface area contributed by atoms with Gasteiger partial charge in [0.1, 0.15) is 10.7 Å². The number of nitrogens with zero attached hydrogens (tertiary/aromatic N) is 1. The normalized spacial score (nSPS) is 10.5. The molecule has 2 rings (SSSR count). The largest absolute Gasteiger partial charge is 0.364 e. The molecule has 0 aliphatic heterocycles. The Balaban J connectivity index is 2.53. The molecule has 17 heavy (non-hydrogen) atoms. The molecule has 1 aromatic carbocycles. The van der Waals surface area contributed by atoms with Gasteiger partial charge in [-0.05, 0) is 37.5 Å². The summed E-state index contributed by atoms with van der Waals surface area (Å²) in [7, 11) is 0. The molecular formula is C13H14N2OS. The van der Waals surface area contributed by atoms with Crippen molar-refractivity contribution >= 4 is 17.2 Å². The van der Waals surface area contributed by atoms with Crippen LogP contribution in [0.5, 0.6) is 0 Å². The number of amides is 1. The molecule has 0 aliphatic carbocycles. The highest BCUT2D eigenvalue weighted by molar-refractivity contribution is 7.13. The van der Waals surface area contributed by atoms with Crippen LogP contribution in [0.1, 0.15) is 27.2 Å². The number of rotatable bonds is 2. The fourth-order valence-corrected chi connectivity index (χ4v) is 2.59. The summed E-state index contributed by atoms with van der Waals surface area (Å²) in [5, 5.41) is 2.55. The van der Waals surface area contributed by atoms with E-state index >= 15 is 0 Å². The second-order valence-corrected chi connectivity index (χ2v) is 4.94. The van der Waals surface area contributed by atoms with Crippen molar-refractivity contribution in [1.82, 2.24) is 4.98 Å². The van der Waals surface area contributed by atoms with Gasteiger partial charge in [0, 0.05) is 10.9 Å². The van der Waals surface area contributed by atoms with Gasteiger partial charge in [0.05, 0.1) is 0 Å². The van der Waals surface area contributed by atoms with Gasteiger partial charge in [-0.1, -0.05) is 12.1 Å². The fourth-order valence-electron chi connectivity index (χ4n) is 1.70. The molecule has 0 bridgehead atoms. The molecule has 0 aliphatic rings. The van der Waals surface area contributed by atoms with Crippen LogP contribution in [0.4, 0.5) is 0 Å². The third-order valence-corrected chi connectivity index (χ3v) is 3.92. The van der Waals surface area contributed by atoms with Crippen molar-refractivity contribution in [3.63, 3.8) is 0 Å². The molecule has 0 saturated carbocycles. The van der Waals surface area contributed by atoms with Crippen LogP contribution in [0.2, 0.25) is 0 Å². The van der Waals surface area contributed by atoms with Gasteiger partial charge in [0.2, 0.25) is 0 Å². The molecule has 4 heteroatoms. The van der Waals surface area contributed by atoms with Gasteiger partial charge in [0.15, 0.2) is 0 Å². The zero-order valence-corrected chi connectivity index (χ0v) is 10.9. The van der Waals surface area contributed by atoms with E-state index in [-0.39, 0.29) is 0 Å². The molecule has 0 saturated heterocycles. The predicted molar refractivity (Wildman–Crippen MR) is 70.3 cm³/mol. The van der Waals surface area contributed by atoms with Crippen LogP contribution in [0.25, 0.3) is 10.6 Å². The molecule has 88 valence electrons. The molecule has 3 nitrogen and oxygen atoms in total. The van der Waals surface area contributed by atoms with Gasteiger partial charge in [0.25, 0.3) is 5.91 Å². The number of hydrogen-bond donors (Lipinski definition) is 1. The highest BCUT2D eigenvalue weighted by atomic mass is 32.1. The van der Waals surface area contributed by atoms with E-state index in [1.54, 1.807) is 5.38 Å². The minimum Gasteiger partial charge on any atom is -0.364 e. The third kappa shape index (κ3) is 2.08. The Labute approximate surface area is 104 Å². The molecule has 1 amide bonds. The van der Waals surface area contributed by atoms with Crippen LogP contribution in [0.3, 0.4) is 0 Å². The summed E-state index contributed by atoms with van der Waals surface area (Å²) in [6, 6.07) is 4.12. The maximum Gasteiger partial charge on any atom is 0.268 e. The summed E-state index contributed by atoms with van der Waals surface area (Å²) in [4.78, 5) is 15.3. The average molecular weight is 246 g/mol. The van der Waals surface area contributed by atoms with Gasteiger partial charge in [-0.15, -0.1) is 11.3 Å². The third-order valence-electron chi connectivity index (χ3n) is 3.05. The first kappa shape index (κ1) is 11.8. The molecule has 0 spiro atoms. The number of primary amides is 1. The van der Waals surface area contributed by atoms with Crippen LogP contribution < -0.4 is 5.73 Å². The minimum absolute atomic E-state index is 0.336. The number of thiazole rings is 1. The molecule has 2 aromatic rings. The Morgan fingerprint density at radius 3 is 2.53 bits per heavy atom. The van der Waals surface area contributed by atoms with E-state index in [0.717, 1.165) is 10.6 Å². The number of carbonyl (C=O) groups is 1. The zero-order chi connectivity index (χ0) is 12.6. The van der Waals surface area contributed by atoms with Crippen molar-refractivity contribution in [3.8, 4) is 10.6 Å². The van der Waals surface area contributed by atoms with E-state index in [9.17, 15) is 4.79 Å². The van der Waals surface area contributed by atoms with Crippen molar-refractivity contribution in [2.75, 3.05) is 0 Å². The SMILES string of the molecule is Cc1ccc(-c2nc(C(N)=O)cs2)c(C)c1C. The van der Waals surface area contributed by atoms with Crippen molar-refractivity contribution in [2.45, 2.75) is 20.8 Å². The van der Waals surface area contributed by atoms with Crippen molar-refractivity contribution in [1.29, 1.82) is 0 Å². The molecule has 2 N–H and O–H groups in total. The predicted octanol–water partition coefficient (Wildman–Crippen LogP) is 2.83. The topological polar surface area (TPSA) is 56.0 Å². The van der Waals surface area contributed by atoms with E-state index < -0.39 is 5.91 Å². The highest BCUT2D eigenvalue weighted by Crippen LogP contribution is 2.29. The van der Waals surface area contributed by atoms with E-state index in [1.165, 1.54) is 28.0 Å². The minimum atomic E-state index is -0.478. The Hall–Kier alpha value is -1.68. The summed E-state index contributed by atoms with van der Waals surface area (Å²) >= 11 is 1.45. The van der Waals surface area contributed by atoms with Crippen LogP contribution in [0, 0.1) is 20.8 Å². The Morgan fingerprint density at radius 2 is 1.94 bits per heavy atom. The summed E-state index contributed by atoms with van der Waals surface area (Å²) in [6.07, 6.45) is 0. The quantitative estimate of drug-likeness (QED) is 0.885. The lowest BCUT2D eigenvalue weighted by atomic mass is 9.99. The number of aromatic nitrogens is 1. The number of aryl methyl sites for hydroxylation is 1. The van der Waals surface area contributed by atoms with E-state index in [0.29, 0.717) is 5.69 Å². The van der Waals surface area contributed by atoms with Crippen LogP contribution in [-0.2, 0) is 0 Å². The number of benzene rings is 1. The number of hydrogen-bond acceptors (Lipinski definition) is 3. The Bertz CT molecular complexity index is 587. The van der Waals surface area contributed by atoms with Gasteiger partial charge in [-0.25, -0.2) is 4.98 Å². The molecule has 0 atom stereocenters. The molecule has 1 heterocycles. The van der Waals surface area contributed by atoms with Crippen LogP contribution in [-0.4, -0.2) is 10.9 Å². The molecule has 0 fully saturated rings. The Morgan fingerprint density at radius 1 is 1.24 bits per heavy atom. The summed E-state index contributed by atoms with van der Waals surface area (Å²) in [5.74, 6) is -0.478. The van der Waals surface area contributed by atoms with Gasteiger partial charge < -0.3 is 5.73 Å². The first-order valence-corrected chi connectivity index (χ1v) is 6.21. The number of carbonyl (C=O) groups excluding carboxylic acids is 1. The maximum absolute atomic E-state index is 11.0. The second-order valence-electron chi connectivity index (χ2n) is 4.08. The lowest BCUT2D eigenvalue weighted by molar-refractivity contribution is 0.0996. The molecule has 0 radical (unpaired) electrons. The summed E-state index contributed by atoms with van der Waals surface area (Å²) < 4.78 is 0. The zero-order valence-electron chi connectivity index (χ0n) is 10.1. The Kier molecular flexibility index (Phi) is 2.98. The molecule has 0 unspecified atom stereocenters. The lowest BCUT2D eigenvalue weighted by Crippen LogP contribution is -2.11. The van der Waals surface area contributed by atoms with Crippen LogP contribution in [0.15, 0.2) is 17.5 Å². The molecular weight excluding hydrogens is 232 g/mol. The van der Waals surface area contributed by atoms with E-state index in [2.05, 4.69) is 31.8 Å². The average Bonchev–Trinajstić information content (AvgIpc) is 2.75. The summed E-state index contributed by atoms with van der Waals surface area (Å²) in [5.41, 5.74) is 10.3. The standard InChI is InChI=1S/C13H14N2OS/c1-7-4-5-10(9(3)8(7)2)13-15-11(6-17-13)12(14)16/h4-6H,1-3H3,(H2,14,16). The maximum atomic E-state index is 11.0. The van der Waals surface area contributed by atoms with Crippen molar-refractivity contribution in [2.24, 2.45) is 5.73 Å². The van der Waals surface area contributed by atoms with Gasteiger partial charge in [-0.3, -0.25) is 4.79 Å². The second kappa shape index (κ2) is 4.30.